The van der Waals surface area contributed by atoms with Gasteiger partial charge in [-0.05, 0) is 57.5 Å². The molecular weight excluding hydrogens is 468 g/mol. The van der Waals surface area contributed by atoms with E-state index in [1.807, 2.05) is 56.7 Å². The maximum absolute atomic E-state index is 13.5. The Labute approximate surface area is 216 Å². The van der Waals surface area contributed by atoms with E-state index in [4.69, 9.17) is 4.98 Å². The van der Waals surface area contributed by atoms with Gasteiger partial charge in [0.25, 0.3) is 5.91 Å². The summed E-state index contributed by atoms with van der Waals surface area (Å²) < 4.78 is 1.84. The molecule has 0 aliphatic carbocycles. The number of carbonyl (C=O) groups excluding carboxylic acids is 1. The SMILES string of the molecule is CC1=CC(C)=C(CNC(=O)c2cc(-c3ccnc(N4CCNCC4)c3)nc3c2cnn3C(C)C)C(O)N1. The van der Waals surface area contributed by atoms with Crippen molar-refractivity contribution in [2.24, 2.45) is 0 Å². The predicted octanol–water partition coefficient (Wildman–Crippen LogP) is 2.36. The van der Waals surface area contributed by atoms with Gasteiger partial charge in [-0.15, -0.1) is 0 Å². The normalized spacial score (nSPS) is 18.3. The number of allylic oxidation sites excluding steroid dienone is 3. The van der Waals surface area contributed by atoms with Crippen LogP contribution in [0.4, 0.5) is 5.82 Å². The van der Waals surface area contributed by atoms with Gasteiger partial charge in [0, 0.05) is 61.8 Å². The lowest BCUT2D eigenvalue weighted by molar-refractivity contribution is 0.0954. The summed E-state index contributed by atoms with van der Waals surface area (Å²) in [6.45, 7) is 11.8. The Morgan fingerprint density at radius 1 is 1.24 bits per heavy atom. The van der Waals surface area contributed by atoms with Gasteiger partial charge in [-0.1, -0.05) is 0 Å². The van der Waals surface area contributed by atoms with Crippen LogP contribution < -0.4 is 20.9 Å². The van der Waals surface area contributed by atoms with Crippen molar-refractivity contribution < 1.29 is 9.90 Å². The number of aliphatic hydroxyl groups excluding tert-OH is 1. The molecule has 10 heteroatoms. The van der Waals surface area contributed by atoms with Crippen LogP contribution in [0, 0.1) is 0 Å². The first-order chi connectivity index (χ1) is 17.8. The second-order valence-corrected chi connectivity index (χ2v) is 9.88. The van der Waals surface area contributed by atoms with Crippen LogP contribution in [0.3, 0.4) is 0 Å². The van der Waals surface area contributed by atoms with Crippen molar-refractivity contribution in [3.05, 3.63) is 59.1 Å². The number of carbonyl (C=O) groups is 1. The molecule has 3 aromatic heterocycles. The highest BCUT2D eigenvalue weighted by molar-refractivity contribution is 6.06. The molecule has 3 aromatic rings. The molecule has 1 saturated heterocycles. The number of aromatic nitrogens is 4. The van der Waals surface area contributed by atoms with Crippen molar-refractivity contribution in [2.45, 2.75) is 40.0 Å². The van der Waals surface area contributed by atoms with E-state index in [9.17, 15) is 9.90 Å². The van der Waals surface area contributed by atoms with Crippen LogP contribution >= 0.6 is 0 Å². The minimum absolute atomic E-state index is 0.0799. The number of hydrogen-bond acceptors (Lipinski definition) is 8. The van der Waals surface area contributed by atoms with E-state index in [2.05, 4.69) is 30.9 Å². The van der Waals surface area contributed by atoms with Gasteiger partial charge < -0.3 is 26.0 Å². The number of rotatable bonds is 6. The monoisotopic (exact) mass is 502 g/mol. The Hall–Kier alpha value is -3.76. The molecule has 5 rings (SSSR count). The number of pyridine rings is 2. The van der Waals surface area contributed by atoms with Crippen LogP contribution in [-0.4, -0.2) is 69.7 Å². The van der Waals surface area contributed by atoms with E-state index in [1.165, 1.54) is 0 Å². The molecule has 1 atom stereocenters. The van der Waals surface area contributed by atoms with Crippen LogP contribution in [0.1, 0.15) is 44.1 Å². The second-order valence-electron chi connectivity index (χ2n) is 9.88. The third-order valence-corrected chi connectivity index (χ3v) is 6.86. The Morgan fingerprint density at radius 3 is 2.76 bits per heavy atom. The van der Waals surface area contributed by atoms with Gasteiger partial charge in [0.2, 0.25) is 0 Å². The van der Waals surface area contributed by atoms with Crippen molar-refractivity contribution >= 4 is 22.8 Å². The zero-order chi connectivity index (χ0) is 26.1. The van der Waals surface area contributed by atoms with Crippen molar-refractivity contribution in [2.75, 3.05) is 37.6 Å². The number of nitrogens with one attached hydrogen (secondary N) is 3. The molecule has 0 bridgehead atoms. The average Bonchev–Trinajstić information content (AvgIpc) is 3.32. The van der Waals surface area contributed by atoms with Crippen molar-refractivity contribution in [1.82, 2.24) is 35.7 Å². The maximum Gasteiger partial charge on any atom is 0.252 e. The summed E-state index contributed by atoms with van der Waals surface area (Å²) in [6.07, 6.45) is 4.62. The highest BCUT2D eigenvalue weighted by Crippen LogP contribution is 2.28. The Morgan fingerprint density at radius 2 is 2.03 bits per heavy atom. The van der Waals surface area contributed by atoms with Gasteiger partial charge in [0.15, 0.2) is 5.65 Å². The number of amides is 1. The quantitative estimate of drug-likeness (QED) is 0.406. The molecule has 10 nitrogen and oxygen atoms in total. The molecule has 0 radical (unpaired) electrons. The zero-order valence-corrected chi connectivity index (χ0v) is 21.7. The number of piperazine rings is 1. The molecule has 0 spiro atoms. The third-order valence-electron chi connectivity index (χ3n) is 6.86. The molecule has 194 valence electrons. The highest BCUT2D eigenvalue weighted by Gasteiger charge is 2.22. The molecule has 1 amide bonds. The van der Waals surface area contributed by atoms with Crippen molar-refractivity contribution in [3.63, 3.8) is 0 Å². The van der Waals surface area contributed by atoms with Gasteiger partial charge in [0.1, 0.15) is 12.0 Å². The van der Waals surface area contributed by atoms with Gasteiger partial charge >= 0.3 is 0 Å². The largest absolute Gasteiger partial charge is 0.370 e. The van der Waals surface area contributed by atoms with Crippen LogP contribution in [0.2, 0.25) is 0 Å². The summed E-state index contributed by atoms with van der Waals surface area (Å²) in [5.41, 5.74) is 5.29. The molecule has 37 heavy (non-hydrogen) atoms. The molecule has 0 saturated carbocycles. The molecule has 1 fully saturated rings. The fourth-order valence-electron chi connectivity index (χ4n) is 4.86. The number of nitrogens with zero attached hydrogens (tertiary/aromatic N) is 5. The lowest BCUT2D eigenvalue weighted by Gasteiger charge is -2.28. The van der Waals surface area contributed by atoms with E-state index < -0.39 is 6.23 Å². The zero-order valence-electron chi connectivity index (χ0n) is 21.7. The second kappa shape index (κ2) is 10.3. The summed E-state index contributed by atoms with van der Waals surface area (Å²) in [6, 6.07) is 5.85. The smallest absolute Gasteiger partial charge is 0.252 e. The number of aliphatic hydroxyl groups is 1. The van der Waals surface area contributed by atoms with Crippen LogP contribution in [0.15, 0.2) is 53.5 Å². The fraction of sp³-hybridized carbons (Fsp3) is 0.407. The first-order valence-corrected chi connectivity index (χ1v) is 12.7. The van der Waals surface area contributed by atoms with Gasteiger partial charge in [-0.2, -0.15) is 5.10 Å². The molecular formula is C27H34N8O2. The summed E-state index contributed by atoms with van der Waals surface area (Å²) in [5.74, 6) is 0.654. The summed E-state index contributed by atoms with van der Waals surface area (Å²) in [4.78, 5) is 25.3. The molecule has 0 aromatic carbocycles. The van der Waals surface area contributed by atoms with Gasteiger partial charge in [-0.25, -0.2) is 14.6 Å². The van der Waals surface area contributed by atoms with Crippen LogP contribution in [0.5, 0.6) is 0 Å². The first kappa shape index (κ1) is 24.9. The molecule has 5 heterocycles. The fourth-order valence-corrected chi connectivity index (χ4v) is 4.86. The van der Waals surface area contributed by atoms with Crippen LogP contribution in [-0.2, 0) is 0 Å². The Balaban J connectivity index is 1.51. The topological polar surface area (TPSA) is 120 Å². The molecule has 2 aliphatic rings. The Kier molecular flexibility index (Phi) is 6.94. The summed E-state index contributed by atoms with van der Waals surface area (Å²) >= 11 is 0. The van der Waals surface area contributed by atoms with E-state index in [1.54, 1.807) is 12.4 Å². The number of hydrogen-bond donors (Lipinski definition) is 4. The van der Waals surface area contributed by atoms with E-state index >= 15 is 0 Å². The molecule has 1 unspecified atom stereocenters. The minimum atomic E-state index is -0.831. The Bertz CT molecular complexity index is 1380. The van der Waals surface area contributed by atoms with Gasteiger partial charge in [-0.3, -0.25) is 4.79 Å². The van der Waals surface area contributed by atoms with E-state index in [-0.39, 0.29) is 18.5 Å². The summed E-state index contributed by atoms with van der Waals surface area (Å²) in [5, 5.41) is 25.0. The van der Waals surface area contributed by atoms with Gasteiger partial charge in [0.05, 0.1) is 22.8 Å². The van der Waals surface area contributed by atoms with E-state index in [0.717, 1.165) is 54.4 Å². The highest BCUT2D eigenvalue weighted by atomic mass is 16.3. The number of anilines is 1. The number of dihydropyridines is 1. The van der Waals surface area contributed by atoms with E-state index in [0.29, 0.717) is 22.3 Å². The molecule has 2 aliphatic heterocycles. The third kappa shape index (κ3) is 5.07. The lowest BCUT2D eigenvalue weighted by atomic mass is 10.0. The predicted molar refractivity (Wildman–Crippen MR) is 144 cm³/mol. The minimum Gasteiger partial charge on any atom is -0.370 e. The lowest BCUT2D eigenvalue weighted by Crippen LogP contribution is -2.43. The molecule has 4 N–H and O–H groups in total. The first-order valence-electron chi connectivity index (χ1n) is 12.7. The van der Waals surface area contributed by atoms with Crippen molar-refractivity contribution in [1.29, 1.82) is 0 Å². The average molecular weight is 503 g/mol. The number of fused-ring (bicyclic) bond motifs is 1. The van der Waals surface area contributed by atoms with Crippen molar-refractivity contribution in [3.8, 4) is 11.3 Å². The summed E-state index contributed by atoms with van der Waals surface area (Å²) in [7, 11) is 0. The maximum atomic E-state index is 13.5. The standard InChI is InChI=1S/C27H34N8O2/c1-16(2)35-25-22(15-31-35)20(26(36)30-14-21-17(3)11-18(4)32-27(21)37)13-23(33-25)19-5-6-29-24(12-19)34-9-7-28-8-10-34/h5-6,11-13,15-16,27-28,32,37H,7-10,14H2,1-4H3,(H,30,36). The van der Waals surface area contributed by atoms with Crippen LogP contribution in [0.25, 0.3) is 22.3 Å².